The van der Waals surface area contributed by atoms with Gasteiger partial charge in [-0.2, -0.15) is 0 Å². The van der Waals surface area contributed by atoms with Gasteiger partial charge in [-0.3, -0.25) is 9.59 Å². The molecule has 3 rings (SSSR count). The molecule has 0 unspecified atom stereocenters. The van der Waals surface area contributed by atoms with Crippen LogP contribution in [0, 0.1) is 5.92 Å². The second-order valence-electron chi connectivity index (χ2n) is 7.51. The Labute approximate surface area is 186 Å². The van der Waals surface area contributed by atoms with Gasteiger partial charge < -0.3 is 14.1 Å². The van der Waals surface area contributed by atoms with Crippen molar-refractivity contribution in [2.24, 2.45) is 5.92 Å². The lowest BCUT2D eigenvalue weighted by Crippen LogP contribution is -2.43. The summed E-state index contributed by atoms with van der Waals surface area (Å²) in [6.07, 6.45) is 1.18. The van der Waals surface area contributed by atoms with Crippen LogP contribution in [0.25, 0.3) is 11.1 Å². The highest BCUT2D eigenvalue weighted by molar-refractivity contribution is 8.00. The largest absolute Gasteiger partial charge is 0.466 e. The molecule has 1 aromatic carbocycles. The van der Waals surface area contributed by atoms with E-state index < -0.39 is 15.3 Å². The minimum absolute atomic E-state index is 0.0505. The van der Waals surface area contributed by atoms with Crippen molar-refractivity contribution in [1.82, 2.24) is 14.2 Å². The molecule has 2 heterocycles. The van der Waals surface area contributed by atoms with Crippen LogP contribution in [0.3, 0.4) is 0 Å². The van der Waals surface area contributed by atoms with Crippen LogP contribution in [0.1, 0.15) is 26.7 Å². The molecule has 1 saturated heterocycles. The molecule has 1 atom stereocenters. The summed E-state index contributed by atoms with van der Waals surface area (Å²) in [5.74, 6) is -0.402. The zero-order valence-corrected chi connectivity index (χ0v) is 19.7. The molecule has 0 saturated carbocycles. The van der Waals surface area contributed by atoms with Crippen LogP contribution in [0.5, 0.6) is 0 Å². The summed E-state index contributed by atoms with van der Waals surface area (Å²) in [6, 6.07) is 4.50. The lowest BCUT2D eigenvalue weighted by molar-refractivity contribution is -0.151. The summed E-state index contributed by atoms with van der Waals surface area (Å²) in [7, 11) is -0.644. The van der Waals surface area contributed by atoms with Gasteiger partial charge >= 0.3 is 5.97 Å². The van der Waals surface area contributed by atoms with E-state index in [1.807, 2.05) is 0 Å². The van der Waals surface area contributed by atoms with Crippen molar-refractivity contribution in [2.75, 3.05) is 33.8 Å². The number of amides is 1. The molecule has 0 radical (unpaired) electrons. The molecule has 31 heavy (non-hydrogen) atoms. The van der Waals surface area contributed by atoms with Gasteiger partial charge in [0.1, 0.15) is 5.52 Å². The van der Waals surface area contributed by atoms with Gasteiger partial charge in [-0.25, -0.2) is 17.7 Å². The van der Waals surface area contributed by atoms with Crippen molar-refractivity contribution in [1.29, 1.82) is 0 Å². The monoisotopic (exact) mass is 469 g/mol. The predicted octanol–water partition coefficient (Wildman–Crippen LogP) is 2.36. The highest BCUT2D eigenvalue weighted by atomic mass is 32.2. The Morgan fingerprint density at radius 2 is 2.00 bits per heavy atom. The number of carbonyl (C=O) groups excluding carboxylic acids is 2. The molecule has 1 aliphatic heterocycles. The first-order valence-electron chi connectivity index (χ1n) is 10.1. The average Bonchev–Trinajstić information content (AvgIpc) is 3.14. The Morgan fingerprint density at radius 3 is 2.61 bits per heavy atom. The number of hydrogen-bond donors (Lipinski definition) is 0. The lowest BCUT2D eigenvalue weighted by atomic mass is 9.97. The SMILES string of the molecule is CCOC(=O)C1CCN(C(=O)[C@H](C)Sc2nc3cc(S(=O)(=O)N(C)C)ccc3o2)CC1. The Hall–Kier alpha value is -2.11. The highest BCUT2D eigenvalue weighted by Crippen LogP contribution is 2.30. The zero-order valence-electron chi connectivity index (χ0n) is 18.0. The van der Waals surface area contributed by atoms with Gasteiger partial charge in [-0.1, -0.05) is 11.8 Å². The van der Waals surface area contributed by atoms with Crippen LogP contribution in [-0.4, -0.2) is 73.5 Å². The van der Waals surface area contributed by atoms with Gasteiger partial charge in [-0.05, 0) is 44.9 Å². The number of carbonyl (C=O) groups is 2. The summed E-state index contributed by atoms with van der Waals surface area (Å²) in [5.41, 5.74) is 0.871. The molecular weight excluding hydrogens is 442 g/mol. The fourth-order valence-corrected chi connectivity index (χ4v) is 5.13. The number of aromatic nitrogens is 1. The number of nitrogens with zero attached hydrogens (tertiary/aromatic N) is 3. The standard InChI is InChI=1S/C20H27N3O6S2/c1-5-28-19(25)14-8-10-23(11-9-14)18(24)13(2)30-20-21-16-12-15(6-7-17(16)29-20)31(26,27)22(3)4/h6-7,12-14H,5,8-11H2,1-4H3/t13-/m0/s1. The zero-order chi connectivity index (χ0) is 22.8. The van der Waals surface area contributed by atoms with Gasteiger partial charge in [0.2, 0.25) is 15.9 Å². The van der Waals surface area contributed by atoms with Crippen molar-refractivity contribution in [3.05, 3.63) is 18.2 Å². The third kappa shape index (κ3) is 5.21. The molecule has 170 valence electrons. The van der Waals surface area contributed by atoms with Gasteiger partial charge in [0.15, 0.2) is 5.58 Å². The van der Waals surface area contributed by atoms with Crippen molar-refractivity contribution < 1.29 is 27.2 Å². The summed E-state index contributed by atoms with van der Waals surface area (Å²) in [5, 5.41) is -0.131. The molecule has 9 nitrogen and oxygen atoms in total. The third-order valence-corrected chi connectivity index (χ3v) is 7.91. The number of ether oxygens (including phenoxy) is 1. The highest BCUT2D eigenvalue weighted by Gasteiger charge is 2.31. The van der Waals surface area contributed by atoms with E-state index in [9.17, 15) is 18.0 Å². The maximum absolute atomic E-state index is 12.8. The van der Waals surface area contributed by atoms with E-state index in [2.05, 4.69) is 4.98 Å². The van der Waals surface area contributed by atoms with Crippen molar-refractivity contribution in [3.8, 4) is 0 Å². The van der Waals surface area contributed by atoms with Crippen LogP contribution in [-0.2, 0) is 24.3 Å². The molecule has 0 aliphatic carbocycles. The van der Waals surface area contributed by atoms with E-state index in [1.165, 1.54) is 38.0 Å². The number of benzene rings is 1. The maximum Gasteiger partial charge on any atom is 0.309 e. The van der Waals surface area contributed by atoms with Crippen LogP contribution >= 0.6 is 11.8 Å². The smallest absolute Gasteiger partial charge is 0.309 e. The van der Waals surface area contributed by atoms with E-state index in [0.29, 0.717) is 48.9 Å². The number of esters is 1. The molecule has 2 aromatic rings. The van der Waals surface area contributed by atoms with Crippen LogP contribution in [0.15, 0.2) is 32.7 Å². The summed E-state index contributed by atoms with van der Waals surface area (Å²) in [6.45, 7) is 4.93. The number of rotatable bonds is 7. The molecule has 1 aromatic heterocycles. The van der Waals surface area contributed by atoms with Crippen LogP contribution < -0.4 is 0 Å². The van der Waals surface area contributed by atoms with Crippen molar-refractivity contribution in [2.45, 2.75) is 42.1 Å². The number of thioether (sulfide) groups is 1. The van der Waals surface area contributed by atoms with Gasteiger partial charge in [0, 0.05) is 27.2 Å². The third-order valence-electron chi connectivity index (χ3n) is 5.17. The van der Waals surface area contributed by atoms with E-state index in [1.54, 1.807) is 24.8 Å². The summed E-state index contributed by atoms with van der Waals surface area (Å²) in [4.78, 5) is 30.9. The number of piperidine rings is 1. The minimum atomic E-state index is -3.57. The second-order valence-corrected chi connectivity index (χ2v) is 11.0. The van der Waals surface area contributed by atoms with Crippen molar-refractivity contribution >= 4 is 44.8 Å². The molecular formula is C20H27N3O6S2. The van der Waals surface area contributed by atoms with E-state index in [-0.39, 0.29) is 22.7 Å². The molecule has 1 aliphatic rings. The molecule has 0 N–H and O–H groups in total. The minimum Gasteiger partial charge on any atom is -0.466 e. The lowest BCUT2D eigenvalue weighted by Gasteiger charge is -2.32. The second kappa shape index (κ2) is 9.58. The summed E-state index contributed by atoms with van der Waals surface area (Å²) < 4.78 is 36.5. The Kier molecular flexibility index (Phi) is 7.28. The van der Waals surface area contributed by atoms with E-state index >= 15 is 0 Å². The predicted molar refractivity (Wildman–Crippen MR) is 116 cm³/mol. The molecule has 1 fully saturated rings. The number of hydrogen-bond acceptors (Lipinski definition) is 8. The Morgan fingerprint density at radius 1 is 1.32 bits per heavy atom. The molecule has 1 amide bonds. The average molecular weight is 470 g/mol. The Balaban J connectivity index is 1.64. The molecule has 0 bridgehead atoms. The van der Waals surface area contributed by atoms with Gasteiger partial charge in [0.25, 0.3) is 5.22 Å². The number of oxazole rings is 1. The first-order chi connectivity index (χ1) is 14.6. The molecule has 0 spiro atoms. The number of fused-ring (bicyclic) bond motifs is 1. The number of likely N-dealkylation sites (tertiary alicyclic amines) is 1. The fraction of sp³-hybridized carbons (Fsp3) is 0.550. The number of sulfonamides is 1. The molecule has 11 heteroatoms. The normalized spacial score (nSPS) is 16.6. The van der Waals surface area contributed by atoms with E-state index in [4.69, 9.17) is 9.15 Å². The van der Waals surface area contributed by atoms with Crippen LogP contribution in [0.2, 0.25) is 0 Å². The maximum atomic E-state index is 12.8. The summed E-state index contributed by atoms with van der Waals surface area (Å²) >= 11 is 1.19. The van der Waals surface area contributed by atoms with Gasteiger partial charge in [-0.15, -0.1) is 0 Å². The van der Waals surface area contributed by atoms with Crippen LogP contribution in [0.4, 0.5) is 0 Å². The van der Waals surface area contributed by atoms with Crippen molar-refractivity contribution in [3.63, 3.8) is 0 Å². The fourth-order valence-electron chi connectivity index (χ4n) is 3.36. The first kappa shape index (κ1) is 23.6. The first-order valence-corrected chi connectivity index (χ1v) is 12.4. The topological polar surface area (TPSA) is 110 Å². The van der Waals surface area contributed by atoms with E-state index in [0.717, 1.165) is 4.31 Å². The quantitative estimate of drug-likeness (QED) is 0.449. The Bertz CT molecular complexity index is 1060. The van der Waals surface area contributed by atoms with Gasteiger partial charge in [0.05, 0.1) is 22.7 Å².